The minimum Gasteiger partial charge on any atom is -0.345 e. The van der Waals surface area contributed by atoms with Crippen molar-refractivity contribution in [2.24, 2.45) is 5.92 Å². The van der Waals surface area contributed by atoms with Crippen molar-refractivity contribution in [2.75, 3.05) is 18.0 Å². The summed E-state index contributed by atoms with van der Waals surface area (Å²) in [5, 5.41) is 4.49. The lowest BCUT2D eigenvalue weighted by Gasteiger charge is -2.27. The Balaban J connectivity index is 2.70. The average Bonchev–Trinajstić information content (AvgIpc) is 2.70. The first-order chi connectivity index (χ1) is 8.04. The third-order valence-electron chi connectivity index (χ3n) is 2.52. The fraction of sp³-hybridized carbons (Fsp3) is 0.769. The molecule has 0 radical (unpaired) electrons. The summed E-state index contributed by atoms with van der Waals surface area (Å²) in [4.78, 5) is 8.26. The van der Waals surface area contributed by atoms with Crippen LogP contribution in [0.2, 0.25) is 0 Å². The van der Waals surface area contributed by atoms with Gasteiger partial charge < -0.3 is 10.2 Å². The van der Waals surface area contributed by atoms with Crippen molar-refractivity contribution in [3.8, 4) is 0 Å². The van der Waals surface area contributed by atoms with Crippen molar-refractivity contribution in [1.82, 2.24) is 10.3 Å². The summed E-state index contributed by atoms with van der Waals surface area (Å²) < 4.78 is 0. The molecule has 0 aliphatic heterocycles. The SMILES string of the molecule is CCNCc1cnc(N(CC(C)C)C(C)C)s1. The first kappa shape index (κ1) is 14.5. The Kier molecular flexibility index (Phi) is 5.92. The van der Waals surface area contributed by atoms with Gasteiger partial charge in [-0.15, -0.1) is 11.3 Å². The van der Waals surface area contributed by atoms with Crippen LogP contribution in [0.25, 0.3) is 0 Å². The molecule has 1 aromatic rings. The Bertz CT molecular complexity index is 320. The van der Waals surface area contributed by atoms with Crippen LogP contribution < -0.4 is 10.2 Å². The molecule has 0 unspecified atom stereocenters. The molecule has 0 saturated carbocycles. The van der Waals surface area contributed by atoms with E-state index in [-0.39, 0.29) is 0 Å². The summed E-state index contributed by atoms with van der Waals surface area (Å²) in [6.45, 7) is 14.1. The van der Waals surface area contributed by atoms with Crippen LogP contribution in [0.4, 0.5) is 5.13 Å². The molecule has 0 amide bonds. The van der Waals surface area contributed by atoms with Crippen molar-refractivity contribution < 1.29 is 0 Å². The Hall–Kier alpha value is -0.610. The second-order valence-corrected chi connectivity index (χ2v) is 6.12. The highest BCUT2D eigenvalue weighted by Gasteiger charge is 2.15. The highest BCUT2D eigenvalue weighted by molar-refractivity contribution is 7.15. The van der Waals surface area contributed by atoms with Gasteiger partial charge in [0.05, 0.1) is 0 Å². The van der Waals surface area contributed by atoms with Crippen molar-refractivity contribution in [3.63, 3.8) is 0 Å². The van der Waals surface area contributed by atoms with Gasteiger partial charge in [-0.1, -0.05) is 20.8 Å². The van der Waals surface area contributed by atoms with E-state index in [9.17, 15) is 0 Å². The van der Waals surface area contributed by atoms with E-state index in [4.69, 9.17) is 0 Å². The highest BCUT2D eigenvalue weighted by Crippen LogP contribution is 2.25. The maximum atomic E-state index is 4.55. The number of rotatable bonds is 7. The van der Waals surface area contributed by atoms with E-state index in [1.165, 1.54) is 4.88 Å². The summed E-state index contributed by atoms with van der Waals surface area (Å²) in [6.07, 6.45) is 2.00. The molecule has 0 bridgehead atoms. The van der Waals surface area contributed by atoms with Crippen LogP contribution in [0.15, 0.2) is 6.20 Å². The second kappa shape index (κ2) is 6.97. The van der Waals surface area contributed by atoms with Gasteiger partial charge in [0.2, 0.25) is 0 Å². The molecule has 1 rings (SSSR count). The maximum Gasteiger partial charge on any atom is 0.185 e. The maximum absolute atomic E-state index is 4.55. The summed E-state index contributed by atoms with van der Waals surface area (Å²) in [6, 6.07) is 0.510. The van der Waals surface area contributed by atoms with Crippen LogP contribution in [-0.4, -0.2) is 24.1 Å². The number of hydrogen-bond acceptors (Lipinski definition) is 4. The zero-order valence-corrected chi connectivity index (χ0v) is 12.5. The minimum absolute atomic E-state index is 0.510. The lowest BCUT2D eigenvalue weighted by molar-refractivity contribution is 0.570. The number of hydrogen-bond donors (Lipinski definition) is 1. The Morgan fingerprint density at radius 2 is 2.06 bits per heavy atom. The van der Waals surface area contributed by atoms with Gasteiger partial charge in [0.15, 0.2) is 5.13 Å². The molecule has 1 aromatic heterocycles. The third kappa shape index (κ3) is 4.64. The minimum atomic E-state index is 0.510. The number of thiazole rings is 1. The second-order valence-electron chi connectivity index (χ2n) is 5.03. The molecule has 0 aliphatic rings. The molecule has 0 atom stereocenters. The largest absolute Gasteiger partial charge is 0.345 e. The van der Waals surface area contributed by atoms with E-state index in [1.54, 1.807) is 11.3 Å². The van der Waals surface area contributed by atoms with Crippen LogP contribution in [0.1, 0.15) is 39.5 Å². The average molecular weight is 255 g/mol. The molecule has 0 aromatic carbocycles. The zero-order valence-electron chi connectivity index (χ0n) is 11.7. The third-order valence-corrected chi connectivity index (χ3v) is 3.56. The van der Waals surface area contributed by atoms with E-state index in [0.717, 1.165) is 24.8 Å². The molecule has 98 valence electrons. The highest BCUT2D eigenvalue weighted by atomic mass is 32.1. The molecule has 3 nitrogen and oxygen atoms in total. The van der Waals surface area contributed by atoms with Crippen LogP contribution in [0.3, 0.4) is 0 Å². The predicted molar refractivity (Wildman–Crippen MR) is 76.8 cm³/mol. The van der Waals surface area contributed by atoms with Gasteiger partial charge in [0.25, 0.3) is 0 Å². The lowest BCUT2D eigenvalue weighted by atomic mass is 10.2. The van der Waals surface area contributed by atoms with Gasteiger partial charge in [-0.3, -0.25) is 0 Å². The lowest BCUT2D eigenvalue weighted by Crippen LogP contribution is -2.33. The fourth-order valence-electron chi connectivity index (χ4n) is 1.66. The predicted octanol–water partition coefficient (Wildman–Crippen LogP) is 3.12. The van der Waals surface area contributed by atoms with Gasteiger partial charge >= 0.3 is 0 Å². The van der Waals surface area contributed by atoms with Crippen LogP contribution in [0, 0.1) is 5.92 Å². The smallest absolute Gasteiger partial charge is 0.185 e. The monoisotopic (exact) mass is 255 g/mol. The molecule has 0 saturated heterocycles. The normalized spacial score (nSPS) is 11.5. The van der Waals surface area contributed by atoms with Gasteiger partial charge in [-0.05, 0) is 26.3 Å². The van der Waals surface area contributed by atoms with Crippen molar-refractivity contribution in [2.45, 2.75) is 47.2 Å². The summed E-state index contributed by atoms with van der Waals surface area (Å²) in [5.41, 5.74) is 0. The number of aromatic nitrogens is 1. The van der Waals surface area contributed by atoms with Crippen molar-refractivity contribution in [1.29, 1.82) is 0 Å². The van der Waals surface area contributed by atoms with E-state index in [1.807, 2.05) is 6.20 Å². The van der Waals surface area contributed by atoms with Gasteiger partial charge in [-0.2, -0.15) is 0 Å². The Morgan fingerprint density at radius 1 is 1.35 bits per heavy atom. The van der Waals surface area contributed by atoms with E-state index >= 15 is 0 Å². The first-order valence-corrected chi connectivity index (χ1v) is 7.28. The molecule has 4 heteroatoms. The first-order valence-electron chi connectivity index (χ1n) is 6.46. The molecule has 17 heavy (non-hydrogen) atoms. The van der Waals surface area contributed by atoms with Crippen molar-refractivity contribution in [3.05, 3.63) is 11.1 Å². The van der Waals surface area contributed by atoms with Gasteiger partial charge in [0, 0.05) is 30.2 Å². The molecule has 1 N–H and O–H groups in total. The standard InChI is InChI=1S/C13H25N3S/c1-6-14-7-12-8-15-13(17-12)16(11(4)5)9-10(2)3/h8,10-11,14H,6-7,9H2,1-5H3. The fourth-order valence-corrected chi connectivity index (χ4v) is 2.69. The number of nitrogens with zero attached hydrogens (tertiary/aromatic N) is 2. The number of nitrogens with one attached hydrogen (secondary N) is 1. The van der Waals surface area contributed by atoms with Gasteiger partial charge in [-0.25, -0.2) is 4.98 Å². The summed E-state index contributed by atoms with van der Waals surface area (Å²) >= 11 is 1.80. The van der Waals surface area contributed by atoms with Gasteiger partial charge in [0.1, 0.15) is 0 Å². The molecule has 0 aliphatic carbocycles. The van der Waals surface area contributed by atoms with Crippen LogP contribution >= 0.6 is 11.3 Å². The topological polar surface area (TPSA) is 28.2 Å². The van der Waals surface area contributed by atoms with Crippen LogP contribution in [0.5, 0.6) is 0 Å². The van der Waals surface area contributed by atoms with E-state index < -0.39 is 0 Å². The summed E-state index contributed by atoms with van der Waals surface area (Å²) in [5.74, 6) is 0.665. The summed E-state index contributed by atoms with van der Waals surface area (Å²) in [7, 11) is 0. The molecular weight excluding hydrogens is 230 g/mol. The Labute approximate surface area is 109 Å². The molecular formula is C13H25N3S. The molecule has 0 spiro atoms. The quantitative estimate of drug-likeness (QED) is 0.811. The van der Waals surface area contributed by atoms with E-state index in [2.05, 4.69) is 49.8 Å². The zero-order chi connectivity index (χ0) is 12.8. The van der Waals surface area contributed by atoms with E-state index in [0.29, 0.717) is 12.0 Å². The van der Waals surface area contributed by atoms with Crippen LogP contribution in [-0.2, 0) is 6.54 Å². The Morgan fingerprint density at radius 3 is 2.59 bits per heavy atom. The number of anilines is 1. The molecule has 1 heterocycles. The molecule has 0 fully saturated rings. The van der Waals surface area contributed by atoms with Crippen molar-refractivity contribution >= 4 is 16.5 Å².